The quantitative estimate of drug-likeness (QED) is 0.938. The summed E-state index contributed by atoms with van der Waals surface area (Å²) in [5.74, 6) is 0.742. The maximum absolute atomic E-state index is 12.4. The molecule has 4 nitrogen and oxygen atoms in total. The first-order valence-electron chi connectivity index (χ1n) is 8.19. The third kappa shape index (κ3) is 3.23. The van der Waals surface area contributed by atoms with Crippen molar-refractivity contribution in [2.24, 2.45) is 0 Å². The Morgan fingerprint density at radius 2 is 1.71 bits per heavy atom. The molecule has 1 saturated heterocycles. The number of benzene rings is 2. The Bertz CT molecular complexity index is 743. The maximum Gasteiger partial charge on any atom is 0.257 e. The minimum absolute atomic E-state index is 0.00563. The molecule has 126 valence electrons. The van der Waals surface area contributed by atoms with E-state index in [-0.39, 0.29) is 23.2 Å². The topological polar surface area (TPSA) is 49.8 Å². The van der Waals surface area contributed by atoms with Crippen LogP contribution in [0.2, 0.25) is 0 Å². The van der Waals surface area contributed by atoms with E-state index < -0.39 is 0 Å². The van der Waals surface area contributed by atoms with Crippen LogP contribution in [0.15, 0.2) is 48.5 Å². The summed E-state index contributed by atoms with van der Waals surface area (Å²) in [4.78, 5) is 14.1. The molecular weight excluding hydrogens is 302 g/mol. The van der Waals surface area contributed by atoms with Crippen LogP contribution < -0.4 is 4.74 Å². The lowest BCUT2D eigenvalue weighted by Gasteiger charge is -2.40. The van der Waals surface area contributed by atoms with Gasteiger partial charge in [0.15, 0.2) is 0 Å². The summed E-state index contributed by atoms with van der Waals surface area (Å²) in [5.41, 5.74) is 1.51. The Labute approximate surface area is 142 Å². The van der Waals surface area contributed by atoms with E-state index in [1.165, 1.54) is 6.07 Å². The van der Waals surface area contributed by atoms with Gasteiger partial charge in [-0.2, -0.15) is 0 Å². The van der Waals surface area contributed by atoms with Crippen LogP contribution in [0.4, 0.5) is 0 Å². The smallest absolute Gasteiger partial charge is 0.257 e. The third-order valence-electron chi connectivity index (χ3n) is 4.26. The number of likely N-dealkylation sites (tertiary alicyclic amines) is 1. The summed E-state index contributed by atoms with van der Waals surface area (Å²) in [6, 6.07) is 14.7. The van der Waals surface area contributed by atoms with Gasteiger partial charge in [-0.05, 0) is 29.2 Å². The molecule has 0 atom stereocenters. The molecule has 1 N–H and O–H groups in total. The second kappa shape index (κ2) is 6.19. The highest BCUT2D eigenvalue weighted by molar-refractivity contribution is 5.97. The van der Waals surface area contributed by atoms with Crippen molar-refractivity contribution in [2.45, 2.75) is 32.3 Å². The van der Waals surface area contributed by atoms with Crippen LogP contribution in [0.1, 0.15) is 36.7 Å². The summed E-state index contributed by atoms with van der Waals surface area (Å²) in [7, 11) is 0. The number of hydrogen-bond donors (Lipinski definition) is 1. The SMILES string of the molecule is CC(C)(C)c1ccccc1OC1CN(C(=O)c2ccccc2O)C1. The van der Waals surface area contributed by atoms with Gasteiger partial charge in [-0.3, -0.25) is 4.79 Å². The van der Waals surface area contributed by atoms with Crippen LogP contribution >= 0.6 is 0 Å². The number of carbonyl (C=O) groups is 1. The lowest BCUT2D eigenvalue weighted by molar-refractivity contribution is 0.0169. The zero-order valence-corrected chi connectivity index (χ0v) is 14.3. The van der Waals surface area contributed by atoms with Gasteiger partial charge in [-0.1, -0.05) is 51.1 Å². The zero-order valence-electron chi connectivity index (χ0n) is 14.3. The predicted octanol–water partition coefficient (Wildman–Crippen LogP) is 3.59. The number of phenols is 1. The standard InChI is InChI=1S/C20H23NO3/c1-20(2,3)16-9-5-7-11-18(16)24-14-12-21(13-14)19(23)15-8-4-6-10-17(15)22/h4-11,14,22H,12-13H2,1-3H3. The highest BCUT2D eigenvalue weighted by atomic mass is 16.5. The first-order valence-corrected chi connectivity index (χ1v) is 8.19. The average molecular weight is 325 g/mol. The molecule has 3 rings (SSSR count). The van der Waals surface area contributed by atoms with Gasteiger partial charge in [0, 0.05) is 0 Å². The molecule has 0 radical (unpaired) electrons. The molecule has 0 unspecified atom stereocenters. The van der Waals surface area contributed by atoms with Crippen LogP contribution in [0.3, 0.4) is 0 Å². The number of carbonyl (C=O) groups excluding carboxylic acids is 1. The van der Waals surface area contributed by atoms with Crippen molar-refractivity contribution >= 4 is 5.91 Å². The Morgan fingerprint density at radius 3 is 2.38 bits per heavy atom. The molecule has 1 fully saturated rings. The van der Waals surface area contributed by atoms with Gasteiger partial charge in [-0.15, -0.1) is 0 Å². The van der Waals surface area contributed by atoms with Crippen LogP contribution in [0.25, 0.3) is 0 Å². The lowest BCUT2D eigenvalue weighted by atomic mass is 9.86. The van der Waals surface area contributed by atoms with E-state index in [4.69, 9.17) is 4.74 Å². The van der Waals surface area contributed by atoms with E-state index >= 15 is 0 Å². The number of phenolic OH excluding ortho intramolecular Hbond substituents is 1. The average Bonchev–Trinajstić information content (AvgIpc) is 2.50. The second-order valence-corrected chi connectivity index (χ2v) is 7.21. The summed E-state index contributed by atoms with van der Waals surface area (Å²) in [6.07, 6.45) is -0.0108. The number of aromatic hydroxyl groups is 1. The Balaban J connectivity index is 1.64. The number of rotatable bonds is 3. The lowest BCUT2D eigenvalue weighted by Crippen LogP contribution is -2.56. The number of hydrogen-bond acceptors (Lipinski definition) is 3. The van der Waals surface area contributed by atoms with E-state index in [1.54, 1.807) is 23.1 Å². The van der Waals surface area contributed by atoms with E-state index in [9.17, 15) is 9.90 Å². The van der Waals surface area contributed by atoms with Crippen LogP contribution in [0.5, 0.6) is 11.5 Å². The fourth-order valence-corrected chi connectivity index (χ4v) is 2.87. The van der Waals surface area contributed by atoms with Gasteiger partial charge < -0.3 is 14.7 Å². The molecule has 0 bridgehead atoms. The van der Waals surface area contributed by atoms with Gasteiger partial charge in [0.2, 0.25) is 0 Å². The normalized spacial score (nSPS) is 15.0. The molecule has 2 aromatic carbocycles. The Hall–Kier alpha value is -2.49. The first-order chi connectivity index (χ1) is 11.4. The number of nitrogens with zero attached hydrogens (tertiary/aromatic N) is 1. The van der Waals surface area contributed by atoms with Crippen molar-refractivity contribution < 1.29 is 14.6 Å². The van der Waals surface area contributed by atoms with Crippen molar-refractivity contribution in [1.29, 1.82) is 0 Å². The monoisotopic (exact) mass is 325 g/mol. The number of amides is 1. The molecule has 0 saturated carbocycles. The summed E-state index contributed by atoms with van der Waals surface area (Å²) in [5, 5.41) is 9.80. The van der Waals surface area contributed by atoms with Gasteiger partial charge in [0.1, 0.15) is 17.6 Å². The van der Waals surface area contributed by atoms with Crippen molar-refractivity contribution in [2.75, 3.05) is 13.1 Å². The van der Waals surface area contributed by atoms with Crippen molar-refractivity contribution in [3.8, 4) is 11.5 Å². The molecule has 1 amide bonds. The van der Waals surface area contributed by atoms with Gasteiger partial charge in [0.25, 0.3) is 5.91 Å². The number of ether oxygens (including phenoxy) is 1. The Kier molecular flexibility index (Phi) is 4.22. The third-order valence-corrected chi connectivity index (χ3v) is 4.26. The number of para-hydroxylation sites is 2. The van der Waals surface area contributed by atoms with Crippen LogP contribution in [-0.2, 0) is 5.41 Å². The maximum atomic E-state index is 12.4. The largest absolute Gasteiger partial charge is 0.507 e. The van der Waals surface area contributed by atoms with Crippen LogP contribution in [-0.4, -0.2) is 35.1 Å². The van der Waals surface area contributed by atoms with Crippen molar-refractivity contribution in [1.82, 2.24) is 4.90 Å². The molecule has 1 aliphatic heterocycles. The highest BCUT2D eigenvalue weighted by Gasteiger charge is 2.34. The van der Waals surface area contributed by atoms with Crippen LogP contribution in [0, 0.1) is 0 Å². The summed E-state index contributed by atoms with van der Waals surface area (Å²) in [6.45, 7) is 7.54. The highest BCUT2D eigenvalue weighted by Crippen LogP contribution is 2.32. The summed E-state index contributed by atoms with van der Waals surface area (Å²) >= 11 is 0. The fourth-order valence-electron chi connectivity index (χ4n) is 2.87. The molecule has 1 aliphatic rings. The first kappa shape index (κ1) is 16.4. The van der Waals surface area contributed by atoms with E-state index in [2.05, 4.69) is 26.8 Å². The minimum Gasteiger partial charge on any atom is -0.507 e. The van der Waals surface area contributed by atoms with E-state index in [0.717, 1.165) is 11.3 Å². The second-order valence-electron chi connectivity index (χ2n) is 7.21. The minimum atomic E-state index is -0.156. The zero-order chi connectivity index (χ0) is 17.3. The molecule has 0 aromatic heterocycles. The fraction of sp³-hybridized carbons (Fsp3) is 0.350. The van der Waals surface area contributed by atoms with E-state index in [0.29, 0.717) is 18.7 Å². The van der Waals surface area contributed by atoms with Gasteiger partial charge >= 0.3 is 0 Å². The molecular formula is C20H23NO3. The predicted molar refractivity (Wildman–Crippen MR) is 93.6 cm³/mol. The molecule has 0 spiro atoms. The van der Waals surface area contributed by atoms with Crippen molar-refractivity contribution in [3.05, 3.63) is 59.7 Å². The van der Waals surface area contributed by atoms with E-state index in [1.807, 2.05) is 18.2 Å². The van der Waals surface area contributed by atoms with Gasteiger partial charge in [0.05, 0.1) is 18.7 Å². The molecule has 4 heteroatoms. The van der Waals surface area contributed by atoms with Gasteiger partial charge in [-0.25, -0.2) is 0 Å². The molecule has 0 aliphatic carbocycles. The molecule has 1 heterocycles. The molecule has 24 heavy (non-hydrogen) atoms. The Morgan fingerprint density at radius 1 is 1.08 bits per heavy atom. The molecule has 2 aromatic rings. The van der Waals surface area contributed by atoms with Crippen molar-refractivity contribution in [3.63, 3.8) is 0 Å². The summed E-state index contributed by atoms with van der Waals surface area (Å²) < 4.78 is 6.10.